The van der Waals surface area contributed by atoms with E-state index < -0.39 is 53.6 Å². The zero-order valence-electron chi connectivity index (χ0n) is 21.2. The molecule has 3 heterocycles. The van der Waals surface area contributed by atoms with Gasteiger partial charge in [0.2, 0.25) is 5.95 Å². The Balaban J connectivity index is 1.62. The van der Waals surface area contributed by atoms with Gasteiger partial charge in [0.25, 0.3) is 5.56 Å². The van der Waals surface area contributed by atoms with Crippen LogP contribution in [0, 0.1) is 17.5 Å². The molecule has 5 aromatic rings. The molecule has 0 aliphatic rings. The molecule has 0 spiro atoms. The number of H-pyrrole nitrogens is 1. The largest absolute Gasteiger partial charge is 0.391 e. The lowest BCUT2D eigenvalue weighted by molar-refractivity contribution is 0.169. The fourth-order valence-corrected chi connectivity index (χ4v) is 4.42. The Bertz CT molecular complexity index is 1940. The molecule has 0 saturated heterocycles. The molecule has 41 heavy (non-hydrogen) atoms. The van der Waals surface area contributed by atoms with Gasteiger partial charge < -0.3 is 15.4 Å². The Labute approximate surface area is 233 Å². The summed E-state index contributed by atoms with van der Waals surface area (Å²) >= 11 is 6.44. The molecule has 3 N–H and O–H groups in total. The van der Waals surface area contributed by atoms with Crippen LogP contribution >= 0.6 is 11.6 Å². The third-order valence-electron chi connectivity index (χ3n) is 6.10. The molecule has 0 fully saturated rings. The lowest BCUT2D eigenvalue weighted by Crippen LogP contribution is -2.43. The summed E-state index contributed by atoms with van der Waals surface area (Å²) in [7, 11) is 0. The highest BCUT2D eigenvalue weighted by molar-refractivity contribution is 6.34. The summed E-state index contributed by atoms with van der Waals surface area (Å²) in [5.41, 5.74) is -1.86. The maximum atomic E-state index is 14.0. The van der Waals surface area contributed by atoms with Crippen LogP contribution in [0.5, 0.6) is 0 Å². The van der Waals surface area contributed by atoms with Gasteiger partial charge >= 0.3 is 11.4 Å². The molecule has 0 saturated carbocycles. The number of halogens is 4. The number of rotatable bonds is 8. The molecule has 3 aromatic heterocycles. The van der Waals surface area contributed by atoms with Crippen molar-refractivity contribution in [3.8, 4) is 0 Å². The van der Waals surface area contributed by atoms with E-state index in [2.05, 4.69) is 20.4 Å². The molecule has 0 amide bonds. The van der Waals surface area contributed by atoms with Crippen LogP contribution < -0.4 is 22.3 Å². The number of nitrogens with zero attached hydrogens (tertiary/aromatic N) is 5. The average molecular weight is 588 g/mol. The van der Waals surface area contributed by atoms with E-state index in [-0.39, 0.29) is 34.3 Å². The summed E-state index contributed by atoms with van der Waals surface area (Å²) in [4.78, 5) is 45.1. The SMILES string of the molecule is C[C@H](O)Cn1cc2cc(Nc3nc(=O)n(Cc4ccc[nH]c4=O)c(=O)n3Cc3cc(F)c(F)c(F)c3)c(Cl)cc2n1. The van der Waals surface area contributed by atoms with Crippen LogP contribution in [0.25, 0.3) is 10.9 Å². The van der Waals surface area contributed by atoms with E-state index in [0.717, 1.165) is 4.57 Å². The van der Waals surface area contributed by atoms with Crippen LogP contribution in [0.2, 0.25) is 5.02 Å². The number of aliphatic hydroxyl groups is 1. The third-order valence-corrected chi connectivity index (χ3v) is 6.41. The molecule has 212 valence electrons. The minimum absolute atomic E-state index is 0.0855. The topological polar surface area (TPSA) is 140 Å². The first-order valence-electron chi connectivity index (χ1n) is 12.1. The molecule has 0 aliphatic carbocycles. The molecule has 0 radical (unpaired) electrons. The zero-order chi connectivity index (χ0) is 29.4. The smallest absolute Gasteiger partial charge is 0.355 e. The highest BCUT2D eigenvalue weighted by atomic mass is 35.5. The maximum absolute atomic E-state index is 14.0. The second-order valence-electron chi connectivity index (χ2n) is 9.29. The first kappa shape index (κ1) is 27.9. The first-order valence-corrected chi connectivity index (χ1v) is 12.5. The fraction of sp³-hybridized carbons (Fsp3) is 0.192. The molecule has 0 bridgehead atoms. The molecule has 0 aliphatic heterocycles. The van der Waals surface area contributed by atoms with E-state index in [1.54, 1.807) is 19.2 Å². The molecule has 2 aromatic carbocycles. The zero-order valence-corrected chi connectivity index (χ0v) is 22.0. The number of fused-ring (bicyclic) bond motifs is 1. The number of benzene rings is 2. The van der Waals surface area contributed by atoms with Crippen LogP contribution in [0.3, 0.4) is 0 Å². The number of anilines is 2. The van der Waals surface area contributed by atoms with Crippen LogP contribution in [0.1, 0.15) is 18.1 Å². The maximum Gasteiger partial charge on any atom is 0.355 e. The second kappa shape index (κ2) is 11.1. The third kappa shape index (κ3) is 5.78. The van der Waals surface area contributed by atoms with Gasteiger partial charge in [-0.3, -0.25) is 14.0 Å². The number of aliphatic hydroxyl groups excluding tert-OH is 1. The Morgan fingerprint density at radius 3 is 2.49 bits per heavy atom. The van der Waals surface area contributed by atoms with Gasteiger partial charge in [0.1, 0.15) is 0 Å². The van der Waals surface area contributed by atoms with Crippen molar-refractivity contribution in [3.63, 3.8) is 0 Å². The highest BCUT2D eigenvalue weighted by Gasteiger charge is 2.19. The van der Waals surface area contributed by atoms with Gasteiger partial charge in [-0.1, -0.05) is 17.7 Å². The van der Waals surface area contributed by atoms with Crippen LogP contribution in [0.15, 0.2) is 63.2 Å². The predicted molar refractivity (Wildman–Crippen MR) is 144 cm³/mol. The molecule has 1 atom stereocenters. The number of nitrogens with one attached hydrogen (secondary N) is 2. The van der Waals surface area contributed by atoms with E-state index in [4.69, 9.17) is 11.6 Å². The van der Waals surface area contributed by atoms with Crippen molar-refractivity contribution in [1.29, 1.82) is 0 Å². The summed E-state index contributed by atoms with van der Waals surface area (Å²) in [5.74, 6) is -4.95. The normalized spacial score (nSPS) is 12.1. The van der Waals surface area contributed by atoms with E-state index in [1.807, 2.05) is 0 Å². The molecular formula is C26H21ClF3N7O4. The summed E-state index contributed by atoms with van der Waals surface area (Å²) in [6.07, 6.45) is 2.38. The van der Waals surface area contributed by atoms with Crippen LogP contribution in [-0.4, -0.2) is 40.1 Å². The monoisotopic (exact) mass is 587 g/mol. The van der Waals surface area contributed by atoms with Crippen LogP contribution in [0.4, 0.5) is 24.8 Å². The molecule has 11 nitrogen and oxygen atoms in total. The van der Waals surface area contributed by atoms with E-state index >= 15 is 0 Å². The van der Waals surface area contributed by atoms with Gasteiger partial charge in [0, 0.05) is 23.3 Å². The standard InChI is InChI=1S/C26H21ClF3N7O4/c1-13(38)9-35-11-16-7-21(17(27)8-20(16)34-35)32-24-33-25(40)37(12-15-3-2-4-31-23(15)39)26(41)36(24)10-14-5-18(28)22(30)19(29)6-14/h2-8,11,13,38H,9-10,12H2,1H3,(H,31,39)(H,32,33,40)/t13-/m0/s1. The minimum Gasteiger partial charge on any atom is -0.391 e. The quantitative estimate of drug-likeness (QED) is 0.237. The minimum atomic E-state index is -1.68. The number of hydrogen-bond acceptors (Lipinski definition) is 7. The Morgan fingerprint density at radius 2 is 1.80 bits per heavy atom. The van der Waals surface area contributed by atoms with Crippen molar-refractivity contribution < 1.29 is 18.3 Å². The van der Waals surface area contributed by atoms with Gasteiger partial charge in [-0.25, -0.2) is 27.3 Å². The van der Waals surface area contributed by atoms with Crippen molar-refractivity contribution >= 4 is 34.1 Å². The molecule has 5 rings (SSSR count). The molecular weight excluding hydrogens is 567 g/mol. The molecule has 0 unspecified atom stereocenters. The number of aromatic amines is 1. The van der Waals surface area contributed by atoms with Crippen molar-refractivity contribution in [3.05, 3.63) is 114 Å². The molecule has 15 heteroatoms. The first-order chi connectivity index (χ1) is 19.5. The van der Waals surface area contributed by atoms with Gasteiger partial charge in [-0.2, -0.15) is 10.1 Å². The Kier molecular flexibility index (Phi) is 7.51. The second-order valence-corrected chi connectivity index (χ2v) is 9.69. The summed E-state index contributed by atoms with van der Waals surface area (Å²) in [5, 5.41) is 17.6. The highest BCUT2D eigenvalue weighted by Crippen LogP contribution is 2.29. The lowest BCUT2D eigenvalue weighted by Gasteiger charge is -2.16. The van der Waals surface area contributed by atoms with E-state index in [1.165, 1.54) is 29.1 Å². The van der Waals surface area contributed by atoms with E-state index in [0.29, 0.717) is 27.6 Å². The van der Waals surface area contributed by atoms with E-state index in [9.17, 15) is 32.7 Å². The Hall–Kier alpha value is -4.69. The summed E-state index contributed by atoms with van der Waals surface area (Å²) in [6.45, 7) is 0.859. The number of aromatic nitrogens is 6. The van der Waals surface area contributed by atoms with Crippen molar-refractivity contribution in [2.45, 2.75) is 32.7 Å². The Morgan fingerprint density at radius 1 is 1.07 bits per heavy atom. The lowest BCUT2D eigenvalue weighted by atomic mass is 10.2. The van der Waals surface area contributed by atoms with Crippen molar-refractivity contribution in [2.24, 2.45) is 0 Å². The fourth-order valence-electron chi connectivity index (χ4n) is 4.21. The van der Waals surface area contributed by atoms with Gasteiger partial charge in [-0.15, -0.1) is 0 Å². The predicted octanol–water partition coefficient (Wildman–Crippen LogP) is 2.73. The van der Waals surface area contributed by atoms with Gasteiger partial charge in [0.15, 0.2) is 17.5 Å². The number of pyridine rings is 1. The van der Waals surface area contributed by atoms with Gasteiger partial charge in [0.05, 0.1) is 42.0 Å². The summed E-state index contributed by atoms with van der Waals surface area (Å²) in [6, 6.07) is 7.44. The van der Waals surface area contributed by atoms with Crippen LogP contribution in [-0.2, 0) is 19.6 Å². The average Bonchev–Trinajstić information content (AvgIpc) is 3.28. The number of hydrogen-bond donors (Lipinski definition) is 3. The summed E-state index contributed by atoms with van der Waals surface area (Å²) < 4.78 is 44.6. The van der Waals surface area contributed by atoms with Crippen molar-refractivity contribution in [2.75, 3.05) is 5.32 Å². The van der Waals surface area contributed by atoms with Gasteiger partial charge in [-0.05, 0) is 42.8 Å². The van der Waals surface area contributed by atoms with Crippen molar-refractivity contribution in [1.82, 2.24) is 28.9 Å².